The van der Waals surface area contributed by atoms with E-state index in [9.17, 15) is 4.79 Å². The van der Waals surface area contributed by atoms with Gasteiger partial charge >= 0.3 is 6.09 Å². The van der Waals surface area contributed by atoms with Crippen LogP contribution in [0.3, 0.4) is 0 Å². The summed E-state index contributed by atoms with van der Waals surface area (Å²) in [6.45, 7) is 4.85. The largest absolute Gasteiger partial charge is 0.445 e. The standard InChI is InChI=1S/C20H21NO2/c1-16-12-19(13-16)21(14-17-8-4-2-5-9-17)20(22)23-15-18-10-6-3-7-11-18/h2-11,19H,1,12-15H2. The van der Waals surface area contributed by atoms with Crippen LogP contribution in [0.25, 0.3) is 0 Å². The van der Waals surface area contributed by atoms with Gasteiger partial charge in [0.1, 0.15) is 6.61 Å². The highest BCUT2D eigenvalue weighted by Gasteiger charge is 2.32. The van der Waals surface area contributed by atoms with Crippen LogP contribution in [0.1, 0.15) is 24.0 Å². The summed E-state index contributed by atoms with van der Waals surface area (Å²) >= 11 is 0. The Labute approximate surface area is 137 Å². The van der Waals surface area contributed by atoms with Gasteiger partial charge in [0.25, 0.3) is 0 Å². The zero-order valence-electron chi connectivity index (χ0n) is 13.2. The second kappa shape index (κ2) is 7.14. The predicted molar refractivity (Wildman–Crippen MR) is 90.8 cm³/mol. The molecular weight excluding hydrogens is 286 g/mol. The molecule has 3 heteroatoms. The maximum Gasteiger partial charge on any atom is 0.410 e. The van der Waals surface area contributed by atoms with Crippen molar-refractivity contribution in [2.24, 2.45) is 0 Å². The van der Waals surface area contributed by atoms with Gasteiger partial charge in [-0.1, -0.05) is 72.8 Å². The van der Waals surface area contributed by atoms with E-state index in [1.54, 1.807) is 0 Å². The quantitative estimate of drug-likeness (QED) is 0.759. The number of ether oxygens (including phenoxy) is 1. The van der Waals surface area contributed by atoms with Crippen molar-refractivity contribution in [1.29, 1.82) is 0 Å². The monoisotopic (exact) mass is 307 g/mol. The summed E-state index contributed by atoms with van der Waals surface area (Å²) in [7, 11) is 0. The Morgan fingerprint density at radius 3 is 2.13 bits per heavy atom. The van der Waals surface area contributed by atoms with Crippen LogP contribution < -0.4 is 0 Å². The van der Waals surface area contributed by atoms with Gasteiger partial charge in [-0.15, -0.1) is 0 Å². The highest BCUT2D eigenvalue weighted by atomic mass is 16.6. The number of amides is 1. The Kier molecular flexibility index (Phi) is 4.77. The first-order valence-corrected chi connectivity index (χ1v) is 7.90. The van der Waals surface area contributed by atoms with E-state index < -0.39 is 0 Å². The Hall–Kier alpha value is -2.55. The number of rotatable bonds is 5. The molecule has 0 bridgehead atoms. The van der Waals surface area contributed by atoms with Crippen LogP contribution in [-0.2, 0) is 17.9 Å². The van der Waals surface area contributed by atoms with Gasteiger partial charge in [0.15, 0.2) is 0 Å². The average Bonchev–Trinajstić information content (AvgIpc) is 2.57. The molecule has 23 heavy (non-hydrogen) atoms. The van der Waals surface area contributed by atoms with Crippen LogP contribution in [0, 0.1) is 0 Å². The molecule has 1 fully saturated rings. The molecule has 0 aromatic heterocycles. The Morgan fingerprint density at radius 2 is 1.57 bits per heavy atom. The van der Waals surface area contributed by atoms with Gasteiger partial charge in [-0.3, -0.25) is 0 Å². The molecule has 0 saturated heterocycles. The summed E-state index contributed by atoms with van der Waals surface area (Å²) in [5, 5.41) is 0. The zero-order chi connectivity index (χ0) is 16.1. The Morgan fingerprint density at radius 1 is 1.00 bits per heavy atom. The molecule has 0 atom stereocenters. The maximum absolute atomic E-state index is 12.5. The molecule has 118 valence electrons. The fraction of sp³-hybridized carbons (Fsp3) is 0.250. The molecule has 0 radical (unpaired) electrons. The molecule has 2 aromatic carbocycles. The van der Waals surface area contributed by atoms with Crippen LogP contribution in [0.4, 0.5) is 4.79 Å². The lowest BCUT2D eigenvalue weighted by Crippen LogP contribution is -2.44. The number of benzene rings is 2. The molecule has 0 N–H and O–H groups in total. The zero-order valence-corrected chi connectivity index (χ0v) is 13.2. The van der Waals surface area contributed by atoms with Crippen molar-refractivity contribution in [2.45, 2.75) is 32.0 Å². The van der Waals surface area contributed by atoms with Gasteiger partial charge in [-0.2, -0.15) is 0 Å². The number of hydrogen-bond donors (Lipinski definition) is 0. The van der Waals surface area contributed by atoms with E-state index in [2.05, 4.69) is 6.58 Å². The van der Waals surface area contributed by atoms with Crippen LogP contribution >= 0.6 is 0 Å². The van der Waals surface area contributed by atoms with E-state index in [1.165, 1.54) is 5.57 Å². The third-order valence-corrected chi connectivity index (χ3v) is 4.12. The van der Waals surface area contributed by atoms with Crippen molar-refractivity contribution in [1.82, 2.24) is 4.90 Å². The molecule has 1 aliphatic carbocycles. The highest BCUT2D eigenvalue weighted by molar-refractivity contribution is 5.68. The molecule has 0 spiro atoms. The lowest BCUT2D eigenvalue weighted by atomic mass is 9.86. The molecule has 3 rings (SSSR count). The SMILES string of the molecule is C=C1CC(N(Cc2ccccc2)C(=O)OCc2ccccc2)C1. The van der Waals surface area contributed by atoms with Gasteiger partial charge in [-0.25, -0.2) is 4.79 Å². The minimum absolute atomic E-state index is 0.200. The molecule has 0 aliphatic heterocycles. The highest BCUT2D eigenvalue weighted by Crippen LogP contribution is 2.31. The Balaban J connectivity index is 1.65. The number of nitrogens with zero attached hydrogens (tertiary/aromatic N) is 1. The third kappa shape index (κ3) is 4.01. The minimum Gasteiger partial charge on any atom is -0.445 e. The Bertz CT molecular complexity index is 659. The lowest BCUT2D eigenvalue weighted by molar-refractivity contribution is 0.0689. The molecular formula is C20H21NO2. The van der Waals surface area contributed by atoms with E-state index in [0.29, 0.717) is 13.2 Å². The number of hydrogen-bond acceptors (Lipinski definition) is 2. The fourth-order valence-electron chi connectivity index (χ4n) is 2.75. The summed E-state index contributed by atoms with van der Waals surface area (Å²) in [4.78, 5) is 14.4. The summed E-state index contributed by atoms with van der Waals surface area (Å²) in [5.41, 5.74) is 3.31. The smallest absolute Gasteiger partial charge is 0.410 e. The van der Waals surface area contributed by atoms with Crippen LogP contribution in [0.15, 0.2) is 72.8 Å². The first-order valence-electron chi connectivity index (χ1n) is 7.90. The van der Waals surface area contributed by atoms with Crippen molar-refractivity contribution in [3.8, 4) is 0 Å². The number of carbonyl (C=O) groups excluding carboxylic acids is 1. The van der Waals surface area contributed by atoms with E-state index in [0.717, 1.165) is 24.0 Å². The molecule has 1 saturated carbocycles. The van der Waals surface area contributed by atoms with Crippen LogP contribution in [-0.4, -0.2) is 17.0 Å². The third-order valence-electron chi connectivity index (χ3n) is 4.12. The van der Waals surface area contributed by atoms with Crippen LogP contribution in [0.5, 0.6) is 0 Å². The van der Waals surface area contributed by atoms with Gasteiger partial charge < -0.3 is 9.64 Å². The molecule has 0 heterocycles. The summed E-state index contributed by atoms with van der Waals surface area (Å²) < 4.78 is 5.51. The van der Waals surface area contributed by atoms with Gasteiger partial charge in [0.2, 0.25) is 0 Å². The van der Waals surface area contributed by atoms with E-state index in [1.807, 2.05) is 65.6 Å². The van der Waals surface area contributed by atoms with Crippen molar-refractivity contribution in [3.05, 3.63) is 83.9 Å². The van der Waals surface area contributed by atoms with Crippen molar-refractivity contribution < 1.29 is 9.53 Å². The first kappa shape index (κ1) is 15.3. The second-order valence-corrected chi connectivity index (χ2v) is 5.97. The van der Waals surface area contributed by atoms with Crippen molar-refractivity contribution in [3.63, 3.8) is 0 Å². The fourth-order valence-corrected chi connectivity index (χ4v) is 2.75. The van der Waals surface area contributed by atoms with Gasteiger partial charge in [0, 0.05) is 12.6 Å². The van der Waals surface area contributed by atoms with E-state index in [-0.39, 0.29) is 12.1 Å². The summed E-state index contributed by atoms with van der Waals surface area (Å²) in [6.07, 6.45) is 1.48. The first-order chi connectivity index (χ1) is 11.2. The molecule has 1 amide bonds. The van der Waals surface area contributed by atoms with Crippen LogP contribution in [0.2, 0.25) is 0 Å². The number of carbonyl (C=O) groups is 1. The minimum atomic E-state index is -0.254. The van der Waals surface area contributed by atoms with Gasteiger partial charge in [-0.05, 0) is 24.0 Å². The molecule has 2 aromatic rings. The predicted octanol–water partition coefficient (Wildman–Crippen LogP) is 4.54. The average molecular weight is 307 g/mol. The maximum atomic E-state index is 12.5. The second-order valence-electron chi connectivity index (χ2n) is 5.97. The molecule has 3 nitrogen and oxygen atoms in total. The van der Waals surface area contributed by atoms with Gasteiger partial charge in [0.05, 0.1) is 0 Å². The normalized spacial score (nSPS) is 14.2. The molecule has 1 aliphatic rings. The van der Waals surface area contributed by atoms with E-state index in [4.69, 9.17) is 4.74 Å². The topological polar surface area (TPSA) is 29.5 Å². The van der Waals surface area contributed by atoms with Crippen molar-refractivity contribution >= 4 is 6.09 Å². The summed E-state index contributed by atoms with van der Waals surface area (Å²) in [5.74, 6) is 0. The molecule has 0 unspecified atom stereocenters. The van der Waals surface area contributed by atoms with E-state index >= 15 is 0 Å². The lowest BCUT2D eigenvalue weighted by Gasteiger charge is -2.38. The summed E-state index contributed by atoms with van der Waals surface area (Å²) in [6, 6.07) is 20.0. The van der Waals surface area contributed by atoms with Crippen molar-refractivity contribution in [2.75, 3.05) is 0 Å².